The summed E-state index contributed by atoms with van der Waals surface area (Å²) in [6.45, 7) is 4.30. The Labute approximate surface area is 128 Å². The predicted molar refractivity (Wildman–Crippen MR) is 82.2 cm³/mol. The minimum absolute atomic E-state index is 0.101. The zero-order chi connectivity index (χ0) is 15.9. The molecule has 118 valence electrons. The summed E-state index contributed by atoms with van der Waals surface area (Å²) in [5, 5.41) is 9.95. The lowest BCUT2D eigenvalue weighted by molar-refractivity contribution is 0.0659. The molecule has 2 aromatic rings. The highest BCUT2D eigenvalue weighted by Crippen LogP contribution is 2.22. The van der Waals surface area contributed by atoms with Crippen LogP contribution in [0.25, 0.3) is 11.0 Å². The number of amides is 1. The maximum absolute atomic E-state index is 12.4. The van der Waals surface area contributed by atoms with Crippen molar-refractivity contribution >= 4 is 26.8 Å². The molecule has 1 fully saturated rings. The van der Waals surface area contributed by atoms with Crippen molar-refractivity contribution in [2.75, 3.05) is 18.8 Å². The number of aromatic amines is 1. The summed E-state index contributed by atoms with van der Waals surface area (Å²) in [7, 11) is -3.12. The third kappa shape index (κ3) is 2.70. The van der Waals surface area contributed by atoms with E-state index < -0.39 is 15.1 Å². The van der Waals surface area contributed by atoms with E-state index in [-0.39, 0.29) is 30.7 Å². The first kappa shape index (κ1) is 15.0. The quantitative estimate of drug-likeness (QED) is 0.900. The van der Waals surface area contributed by atoms with Crippen molar-refractivity contribution in [2.45, 2.75) is 19.1 Å². The van der Waals surface area contributed by atoms with Crippen molar-refractivity contribution in [3.05, 3.63) is 23.8 Å². The van der Waals surface area contributed by atoms with Gasteiger partial charge in [-0.2, -0.15) is 15.4 Å². The van der Waals surface area contributed by atoms with Crippen LogP contribution in [0, 0.1) is 5.92 Å². The third-order valence-corrected chi connectivity index (χ3v) is 6.22. The van der Waals surface area contributed by atoms with Gasteiger partial charge < -0.3 is 4.90 Å². The Hall–Kier alpha value is -1.96. The highest BCUT2D eigenvalue weighted by atomic mass is 32.2. The number of hydrogen-bond acceptors (Lipinski definition) is 5. The van der Waals surface area contributed by atoms with E-state index in [0.717, 1.165) is 0 Å². The van der Waals surface area contributed by atoms with Crippen molar-refractivity contribution in [2.24, 2.45) is 5.92 Å². The minimum Gasteiger partial charge on any atom is -0.336 e. The van der Waals surface area contributed by atoms with Crippen LogP contribution in [0.15, 0.2) is 18.2 Å². The normalized spacial score (nSPS) is 16.2. The van der Waals surface area contributed by atoms with Crippen LogP contribution in [0.3, 0.4) is 0 Å². The molecule has 2 heterocycles. The fraction of sp³-hybridized carbons (Fsp3) is 0.500. The number of carbonyl (C=O) groups excluding carboxylic acids is 1. The maximum Gasteiger partial charge on any atom is 0.254 e. The molecule has 1 aromatic heterocycles. The molecule has 1 aromatic carbocycles. The van der Waals surface area contributed by atoms with Crippen LogP contribution in [-0.2, 0) is 9.84 Å². The summed E-state index contributed by atoms with van der Waals surface area (Å²) < 4.78 is 24.2. The highest BCUT2D eigenvalue weighted by molar-refractivity contribution is 7.92. The highest BCUT2D eigenvalue weighted by Gasteiger charge is 2.39. The number of rotatable bonds is 4. The maximum atomic E-state index is 12.4. The van der Waals surface area contributed by atoms with E-state index in [1.54, 1.807) is 23.1 Å². The van der Waals surface area contributed by atoms with Gasteiger partial charge in [0.25, 0.3) is 5.91 Å². The van der Waals surface area contributed by atoms with Gasteiger partial charge in [0.15, 0.2) is 9.84 Å². The van der Waals surface area contributed by atoms with Gasteiger partial charge in [-0.25, -0.2) is 8.42 Å². The summed E-state index contributed by atoms with van der Waals surface area (Å²) in [6, 6.07) is 5.07. The molecule has 22 heavy (non-hydrogen) atoms. The molecular weight excluding hydrogens is 304 g/mol. The third-order valence-electron chi connectivity index (χ3n) is 3.77. The van der Waals surface area contributed by atoms with Gasteiger partial charge in [0.2, 0.25) is 0 Å². The van der Waals surface area contributed by atoms with Crippen LogP contribution in [0.1, 0.15) is 24.2 Å². The van der Waals surface area contributed by atoms with E-state index in [0.29, 0.717) is 16.6 Å². The molecule has 1 amide bonds. The Morgan fingerprint density at radius 1 is 1.32 bits per heavy atom. The molecule has 0 bridgehead atoms. The smallest absolute Gasteiger partial charge is 0.254 e. The number of aromatic nitrogens is 3. The zero-order valence-electron chi connectivity index (χ0n) is 12.5. The van der Waals surface area contributed by atoms with Gasteiger partial charge in [0, 0.05) is 18.7 Å². The van der Waals surface area contributed by atoms with Crippen LogP contribution in [-0.4, -0.2) is 58.7 Å². The second kappa shape index (κ2) is 5.35. The van der Waals surface area contributed by atoms with Crippen LogP contribution in [0.4, 0.5) is 0 Å². The number of benzene rings is 1. The van der Waals surface area contributed by atoms with Crippen molar-refractivity contribution < 1.29 is 13.2 Å². The average molecular weight is 322 g/mol. The van der Waals surface area contributed by atoms with Crippen molar-refractivity contribution in [1.29, 1.82) is 0 Å². The first-order valence-electron chi connectivity index (χ1n) is 7.18. The Morgan fingerprint density at radius 2 is 2.00 bits per heavy atom. The summed E-state index contributed by atoms with van der Waals surface area (Å²) in [4.78, 5) is 13.9. The second-order valence-electron chi connectivity index (χ2n) is 6.08. The van der Waals surface area contributed by atoms with E-state index >= 15 is 0 Å². The lowest BCUT2D eigenvalue weighted by atomic mass is 10.1. The van der Waals surface area contributed by atoms with E-state index in [4.69, 9.17) is 0 Å². The van der Waals surface area contributed by atoms with Gasteiger partial charge >= 0.3 is 0 Å². The number of nitrogens with zero attached hydrogens (tertiary/aromatic N) is 3. The van der Waals surface area contributed by atoms with Gasteiger partial charge in [0.1, 0.15) is 11.0 Å². The van der Waals surface area contributed by atoms with Gasteiger partial charge in [0.05, 0.1) is 11.0 Å². The summed E-state index contributed by atoms with van der Waals surface area (Å²) in [5.74, 6) is 0.107. The fourth-order valence-electron chi connectivity index (χ4n) is 2.59. The molecule has 1 aliphatic rings. The van der Waals surface area contributed by atoms with E-state index in [2.05, 4.69) is 15.4 Å². The van der Waals surface area contributed by atoms with Gasteiger partial charge in [-0.3, -0.25) is 4.79 Å². The van der Waals surface area contributed by atoms with Gasteiger partial charge in [-0.05, 0) is 24.1 Å². The first-order valence-corrected chi connectivity index (χ1v) is 8.90. The van der Waals surface area contributed by atoms with Gasteiger partial charge in [-0.15, -0.1) is 0 Å². The van der Waals surface area contributed by atoms with E-state index in [1.165, 1.54) is 0 Å². The topological polar surface area (TPSA) is 96.0 Å². The minimum atomic E-state index is -3.12. The van der Waals surface area contributed by atoms with Crippen LogP contribution >= 0.6 is 0 Å². The lowest BCUT2D eigenvalue weighted by Gasteiger charge is -2.39. The molecule has 8 heteroatoms. The molecule has 0 radical (unpaired) electrons. The number of hydrogen-bond donors (Lipinski definition) is 1. The molecule has 0 spiro atoms. The van der Waals surface area contributed by atoms with Gasteiger partial charge in [-0.1, -0.05) is 13.8 Å². The van der Waals surface area contributed by atoms with E-state index in [1.807, 2.05) is 13.8 Å². The Balaban J connectivity index is 1.68. The van der Waals surface area contributed by atoms with Crippen LogP contribution in [0.5, 0.6) is 0 Å². The van der Waals surface area contributed by atoms with E-state index in [9.17, 15) is 13.2 Å². The molecule has 0 aliphatic carbocycles. The van der Waals surface area contributed by atoms with Crippen molar-refractivity contribution in [3.63, 3.8) is 0 Å². The molecule has 7 nitrogen and oxygen atoms in total. The molecule has 0 unspecified atom stereocenters. The first-order chi connectivity index (χ1) is 10.4. The molecule has 1 aliphatic heterocycles. The molecule has 0 saturated carbocycles. The van der Waals surface area contributed by atoms with Crippen LogP contribution < -0.4 is 0 Å². The predicted octanol–water partition coefficient (Wildman–Crippen LogP) is 0.853. The Kier molecular flexibility index (Phi) is 3.64. The number of nitrogens with one attached hydrogen (secondary N) is 1. The molecule has 0 atom stereocenters. The lowest BCUT2D eigenvalue weighted by Crippen LogP contribution is -2.57. The number of carbonyl (C=O) groups is 1. The average Bonchev–Trinajstić information content (AvgIpc) is 2.81. The molecule has 1 N–H and O–H groups in total. The van der Waals surface area contributed by atoms with Crippen LogP contribution in [0.2, 0.25) is 0 Å². The summed E-state index contributed by atoms with van der Waals surface area (Å²) in [5.41, 5.74) is 1.81. The number of fused-ring (bicyclic) bond motifs is 1. The SMILES string of the molecule is CC(C)CS(=O)(=O)C1CN(C(=O)c2ccc3n[nH]nc3c2)C1. The summed E-state index contributed by atoms with van der Waals surface area (Å²) >= 11 is 0. The number of H-pyrrole nitrogens is 1. The van der Waals surface area contributed by atoms with Crippen molar-refractivity contribution in [1.82, 2.24) is 20.3 Å². The second-order valence-corrected chi connectivity index (χ2v) is 8.41. The molecular formula is C14H18N4O3S. The molecule has 1 saturated heterocycles. The monoisotopic (exact) mass is 322 g/mol. The number of sulfone groups is 1. The number of likely N-dealkylation sites (tertiary alicyclic amines) is 1. The zero-order valence-corrected chi connectivity index (χ0v) is 13.3. The standard InChI is InChI=1S/C14H18N4O3S/c1-9(2)8-22(20,21)11-6-18(7-11)14(19)10-3-4-12-13(5-10)16-17-15-12/h3-5,9,11H,6-8H2,1-2H3,(H,15,16,17). The Morgan fingerprint density at radius 3 is 2.68 bits per heavy atom. The largest absolute Gasteiger partial charge is 0.336 e. The Bertz CT molecular complexity index is 806. The molecule has 3 rings (SSSR count). The summed E-state index contributed by atoms with van der Waals surface area (Å²) in [6.07, 6.45) is 0. The van der Waals surface area contributed by atoms with Crippen molar-refractivity contribution in [3.8, 4) is 0 Å². The fourth-order valence-corrected chi connectivity index (χ4v) is 4.60.